The molecule has 0 amide bonds. The second-order valence-corrected chi connectivity index (χ2v) is 1.95. The number of hydrogen-bond donors (Lipinski definition) is 0. The Kier molecular flexibility index (Phi) is 4.20. The summed E-state index contributed by atoms with van der Waals surface area (Å²) in [6.07, 6.45) is 2.41. The highest BCUT2D eigenvalue weighted by Crippen LogP contribution is 2.01. The fourth-order valence-corrected chi connectivity index (χ4v) is 0.529. The van der Waals surface area contributed by atoms with E-state index in [9.17, 15) is 4.79 Å². The molecule has 0 atom stereocenters. The van der Waals surface area contributed by atoms with E-state index in [2.05, 4.69) is 6.92 Å². The number of thioether (sulfide) groups is 1. The van der Waals surface area contributed by atoms with Gasteiger partial charge in [0.15, 0.2) is 0 Å². The molecule has 0 unspecified atom stereocenters. The zero-order chi connectivity index (χ0) is 5.70. The summed E-state index contributed by atoms with van der Waals surface area (Å²) in [4.78, 5) is 10.0. The molecule has 7 heavy (non-hydrogen) atoms. The molecular weight excluding hydrogens is 108 g/mol. The van der Waals surface area contributed by atoms with Gasteiger partial charge in [-0.1, -0.05) is 0 Å². The van der Waals surface area contributed by atoms with Gasteiger partial charge in [-0.25, -0.2) is 0 Å². The van der Waals surface area contributed by atoms with Crippen LogP contribution in [0, 0.1) is 12.7 Å². The van der Waals surface area contributed by atoms with Crippen molar-refractivity contribution in [3.05, 3.63) is 12.7 Å². The zero-order valence-electron chi connectivity index (χ0n) is 4.31. The van der Waals surface area contributed by atoms with E-state index in [0.717, 1.165) is 0 Å². The van der Waals surface area contributed by atoms with Crippen LogP contribution in [-0.4, -0.2) is 12.0 Å². The van der Waals surface area contributed by atoms with E-state index in [4.69, 9.17) is 0 Å². The number of carbonyl (C=O) groups excluding carboxylic acids is 1. The van der Waals surface area contributed by atoms with Crippen LogP contribution in [0.3, 0.4) is 0 Å². The van der Waals surface area contributed by atoms with Crippen molar-refractivity contribution in [1.29, 1.82) is 0 Å². The summed E-state index contributed by atoms with van der Waals surface area (Å²) in [5.74, 6) is 1.81. The summed E-state index contributed by atoms with van der Waals surface area (Å²) in [5, 5.41) is 0. The highest BCUT2D eigenvalue weighted by atomic mass is 32.2. The number of carbonyl (C=O) groups is 1. The van der Waals surface area contributed by atoms with Crippen molar-refractivity contribution in [3.63, 3.8) is 0 Å². The lowest BCUT2D eigenvalue weighted by Crippen LogP contribution is -1.86. The van der Waals surface area contributed by atoms with Crippen LogP contribution >= 0.6 is 11.8 Å². The Bertz CT molecular complexity index is 61.1. The lowest BCUT2D eigenvalue weighted by atomic mass is 10.4. The quantitative estimate of drug-likeness (QED) is 0.553. The van der Waals surface area contributed by atoms with Crippen molar-refractivity contribution in [2.24, 2.45) is 0 Å². The predicted octanol–water partition coefficient (Wildman–Crippen LogP) is 1.30. The Morgan fingerprint density at radius 1 is 2.00 bits per heavy atom. The minimum absolute atomic E-state index is 0.0191. The molecule has 0 bridgehead atoms. The van der Waals surface area contributed by atoms with Crippen molar-refractivity contribution < 1.29 is 4.79 Å². The average Bonchev–Trinajstić information content (AvgIpc) is 1.61. The van der Waals surface area contributed by atoms with Crippen LogP contribution in [0.15, 0.2) is 0 Å². The molecule has 0 spiro atoms. The molecule has 0 heterocycles. The lowest BCUT2D eigenvalue weighted by Gasteiger charge is -1.85. The van der Waals surface area contributed by atoms with Crippen molar-refractivity contribution in [3.8, 4) is 0 Å². The van der Waals surface area contributed by atoms with Crippen LogP contribution in [0.5, 0.6) is 0 Å². The lowest BCUT2D eigenvalue weighted by molar-refractivity contribution is -0.114. The van der Waals surface area contributed by atoms with Gasteiger partial charge in [-0.15, -0.1) is 0 Å². The van der Waals surface area contributed by atoms with Crippen molar-refractivity contribution in [2.45, 2.75) is 6.42 Å². The van der Waals surface area contributed by atoms with Gasteiger partial charge in [0.2, 0.25) is 0 Å². The second kappa shape index (κ2) is 4.19. The zero-order valence-corrected chi connectivity index (χ0v) is 5.12. The molecule has 2 heteroatoms. The molecule has 0 fully saturated rings. The van der Waals surface area contributed by atoms with Crippen LogP contribution in [-0.2, 0) is 4.79 Å². The van der Waals surface area contributed by atoms with Crippen LogP contribution in [0.4, 0.5) is 0 Å². The molecule has 1 nitrogen and oxygen atoms in total. The molecule has 0 aliphatic heterocycles. The molecule has 0 aromatic rings. The molecule has 0 saturated heterocycles. The highest BCUT2D eigenvalue weighted by molar-refractivity contribution is 8.00. The van der Waals surface area contributed by atoms with E-state index >= 15 is 0 Å². The second-order valence-electron chi connectivity index (χ2n) is 1.15. The fraction of sp³-hybridized carbons (Fsp3) is 0.400. The van der Waals surface area contributed by atoms with Crippen LogP contribution in [0.2, 0.25) is 0 Å². The third-order valence-corrected chi connectivity index (χ3v) is 0.978. The summed E-state index contributed by atoms with van der Waals surface area (Å²) in [6.45, 7) is 3.19. The molecule has 0 aliphatic carbocycles. The first-order chi connectivity index (χ1) is 3.27. The highest BCUT2D eigenvalue weighted by Gasteiger charge is 1.88. The van der Waals surface area contributed by atoms with Crippen molar-refractivity contribution in [1.82, 2.24) is 0 Å². The number of rotatable bonds is 3. The Morgan fingerprint density at radius 2 is 2.57 bits per heavy atom. The molecule has 0 aromatic carbocycles. The monoisotopic (exact) mass is 116 g/mol. The largest absolute Gasteiger partial charge is 0.300 e. The van der Waals surface area contributed by atoms with E-state index < -0.39 is 0 Å². The standard InChI is InChI=1S/C5H8OS/c1-5(6)3-4-7-2/h4H,1,3H2,2H3. The number of Topliss-reactive ketones (excluding diaryl/α,β-unsaturated/α-hetero) is 1. The Hall–Kier alpha value is 0.0200. The minimum Gasteiger partial charge on any atom is -0.300 e. The summed E-state index contributed by atoms with van der Waals surface area (Å²) in [5.41, 5.74) is 0. The van der Waals surface area contributed by atoms with Gasteiger partial charge >= 0.3 is 0 Å². The van der Waals surface area contributed by atoms with Crippen molar-refractivity contribution in [2.75, 3.05) is 6.26 Å². The third-order valence-electron chi connectivity index (χ3n) is 0.478. The van der Waals surface area contributed by atoms with E-state index in [1.807, 2.05) is 12.0 Å². The Labute approximate surface area is 48.5 Å². The number of ketones is 1. The predicted molar refractivity (Wildman–Crippen MR) is 32.8 cm³/mol. The smallest absolute Gasteiger partial charge is 0.134 e. The summed E-state index contributed by atoms with van der Waals surface area (Å²) in [7, 11) is 0. The topological polar surface area (TPSA) is 17.1 Å². The van der Waals surface area contributed by atoms with Gasteiger partial charge in [-0.05, 0) is 6.26 Å². The SMILES string of the molecule is [CH2]C(=O)C[CH]SC. The van der Waals surface area contributed by atoms with E-state index in [1.165, 1.54) is 0 Å². The first-order valence-corrected chi connectivity index (χ1v) is 3.25. The Morgan fingerprint density at radius 3 is 2.71 bits per heavy atom. The summed E-state index contributed by atoms with van der Waals surface area (Å²) in [6, 6.07) is 0. The minimum atomic E-state index is -0.0191. The molecule has 0 aromatic heterocycles. The van der Waals surface area contributed by atoms with Gasteiger partial charge in [0.1, 0.15) is 5.78 Å². The van der Waals surface area contributed by atoms with Gasteiger partial charge in [0.25, 0.3) is 0 Å². The van der Waals surface area contributed by atoms with Gasteiger partial charge in [-0.3, -0.25) is 4.79 Å². The fourth-order valence-electron chi connectivity index (χ4n) is 0.176. The van der Waals surface area contributed by atoms with E-state index in [-0.39, 0.29) is 5.78 Å². The Balaban J connectivity index is 2.82. The van der Waals surface area contributed by atoms with E-state index in [0.29, 0.717) is 6.42 Å². The number of hydrogen-bond acceptors (Lipinski definition) is 2. The van der Waals surface area contributed by atoms with Gasteiger partial charge in [0, 0.05) is 19.1 Å². The van der Waals surface area contributed by atoms with Crippen LogP contribution in [0.25, 0.3) is 0 Å². The molecule has 0 rings (SSSR count). The van der Waals surface area contributed by atoms with Crippen molar-refractivity contribution >= 4 is 17.5 Å². The summed E-state index contributed by atoms with van der Waals surface area (Å²) < 4.78 is 0. The molecule has 2 radical (unpaired) electrons. The first kappa shape index (κ1) is 7.02. The molecule has 40 valence electrons. The summed E-state index contributed by atoms with van der Waals surface area (Å²) >= 11 is 1.54. The molecule has 0 aliphatic rings. The normalized spacial score (nSPS) is 8.86. The maximum atomic E-state index is 10.0. The maximum absolute atomic E-state index is 10.0. The van der Waals surface area contributed by atoms with Crippen LogP contribution in [0.1, 0.15) is 6.42 Å². The molecule has 0 saturated carbocycles. The third kappa shape index (κ3) is 6.02. The van der Waals surface area contributed by atoms with Crippen LogP contribution < -0.4 is 0 Å². The first-order valence-electron chi connectivity index (χ1n) is 1.96. The maximum Gasteiger partial charge on any atom is 0.134 e. The van der Waals surface area contributed by atoms with Gasteiger partial charge in [-0.2, -0.15) is 11.8 Å². The van der Waals surface area contributed by atoms with Gasteiger partial charge in [0.05, 0.1) is 0 Å². The average molecular weight is 116 g/mol. The molecule has 0 N–H and O–H groups in total. The van der Waals surface area contributed by atoms with Gasteiger partial charge < -0.3 is 0 Å². The van der Waals surface area contributed by atoms with E-state index in [1.54, 1.807) is 11.8 Å². The molecular formula is C5H8OS.